The van der Waals surface area contributed by atoms with E-state index in [1.807, 2.05) is 6.92 Å². The van der Waals surface area contributed by atoms with E-state index in [1.54, 1.807) is 24.3 Å². The van der Waals surface area contributed by atoms with E-state index in [9.17, 15) is 15.2 Å². The van der Waals surface area contributed by atoms with Gasteiger partial charge in [0.2, 0.25) is 0 Å². The third kappa shape index (κ3) is 2.78. The number of aryl methyl sites for hydroxylation is 1. The largest absolute Gasteiger partial charge is 1.00 e. The number of ether oxygens (including phenoxy) is 1. The van der Waals surface area contributed by atoms with Gasteiger partial charge in [0, 0.05) is 0 Å². The van der Waals surface area contributed by atoms with Gasteiger partial charge in [-0.05, 0) is 6.92 Å². The van der Waals surface area contributed by atoms with E-state index in [0.717, 1.165) is 5.56 Å². The predicted octanol–water partition coefficient (Wildman–Crippen LogP) is -5.01. The number of aliphatic hydroxyl groups is 3. The molecule has 7 nitrogen and oxygen atoms in total. The number of fused-ring (bicyclic) bond motifs is 1. The van der Waals surface area contributed by atoms with Crippen molar-refractivity contribution < 1.29 is 63.9 Å². The number of aliphatic hydroxyl groups excluding tert-OH is 3. The van der Waals surface area contributed by atoms with Crippen molar-refractivity contribution in [3.8, 4) is 0 Å². The summed E-state index contributed by atoms with van der Waals surface area (Å²) in [5.74, 6) is -1.67. The first-order valence-electron chi connectivity index (χ1n) is 6.83. The first-order chi connectivity index (χ1) is 9.94. The van der Waals surface area contributed by atoms with E-state index in [2.05, 4.69) is 0 Å². The molecule has 2 aliphatic rings. The van der Waals surface area contributed by atoms with Crippen LogP contribution in [0.3, 0.4) is 0 Å². The Morgan fingerprint density at radius 1 is 1.23 bits per heavy atom. The zero-order valence-electron chi connectivity index (χ0n) is 12.5. The van der Waals surface area contributed by atoms with Crippen LogP contribution in [0.1, 0.15) is 5.56 Å². The van der Waals surface area contributed by atoms with Crippen LogP contribution in [0.5, 0.6) is 0 Å². The zero-order chi connectivity index (χ0) is 15.3. The van der Waals surface area contributed by atoms with E-state index in [1.165, 1.54) is 0 Å². The molecule has 0 aliphatic carbocycles. The fourth-order valence-corrected chi connectivity index (χ4v) is 2.89. The molecule has 1 unspecified atom stereocenters. The Bertz CT molecular complexity index is 530. The minimum absolute atomic E-state index is 0. The van der Waals surface area contributed by atoms with E-state index in [4.69, 9.17) is 19.2 Å². The number of hydrogen-bond donors (Lipinski definition) is 4. The zero-order valence-corrected chi connectivity index (χ0v) is 14.5. The third-order valence-corrected chi connectivity index (χ3v) is 4.06. The summed E-state index contributed by atoms with van der Waals surface area (Å²) in [5, 5.41) is 39.4. The van der Waals surface area contributed by atoms with Crippen LogP contribution >= 0.6 is 0 Å². The van der Waals surface area contributed by atoms with E-state index in [0.29, 0.717) is 5.46 Å². The van der Waals surface area contributed by atoms with Crippen LogP contribution in [0.25, 0.3) is 0 Å². The molecule has 22 heavy (non-hydrogen) atoms. The Morgan fingerprint density at radius 3 is 2.36 bits per heavy atom. The maximum Gasteiger partial charge on any atom is 1.00 e. The topological polar surface area (TPSA) is 109 Å². The summed E-state index contributed by atoms with van der Waals surface area (Å²) < 4.78 is 16.4. The molecule has 2 saturated heterocycles. The Hall–Kier alpha value is 0.00494. The molecule has 0 bridgehead atoms. The number of benzene rings is 1. The molecule has 5 atom stereocenters. The van der Waals surface area contributed by atoms with E-state index < -0.39 is 44.1 Å². The molecule has 0 aromatic heterocycles. The maximum absolute atomic E-state index is 10.6. The van der Waals surface area contributed by atoms with Gasteiger partial charge in [0.05, 0.1) is 19.3 Å². The molecule has 9 heteroatoms. The van der Waals surface area contributed by atoms with Crippen molar-refractivity contribution in [3.05, 3.63) is 29.8 Å². The molecule has 0 saturated carbocycles. The maximum atomic E-state index is 10.6. The molecule has 2 fully saturated rings. The van der Waals surface area contributed by atoms with Gasteiger partial charge in [-0.2, -0.15) is 0 Å². The second-order valence-electron chi connectivity index (χ2n) is 5.56. The van der Waals surface area contributed by atoms with Crippen LogP contribution in [0, 0.1) is 6.92 Å². The van der Waals surface area contributed by atoms with Gasteiger partial charge in [-0.1, -0.05) is 29.8 Å². The van der Waals surface area contributed by atoms with Crippen molar-refractivity contribution in [2.45, 2.75) is 31.0 Å². The van der Waals surface area contributed by atoms with Gasteiger partial charge in [-0.3, -0.25) is 0 Å². The summed E-state index contributed by atoms with van der Waals surface area (Å²) in [6.07, 6.45) is -3.21. The molecule has 4 N–H and O–H groups in total. The number of hydrogen-bond acceptors (Lipinski definition) is 7. The van der Waals surface area contributed by atoms with Crippen molar-refractivity contribution >= 4 is 12.2 Å². The van der Waals surface area contributed by atoms with Crippen molar-refractivity contribution in [1.29, 1.82) is 0 Å². The van der Waals surface area contributed by atoms with Crippen LogP contribution < -0.4 is 35.0 Å². The summed E-state index contributed by atoms with van der Waals surface area (Å²) in [6.45, 7) is -2.02. The van der Waals surface area contributed by atoms with Crippen molar-refractivity contribution in [1.82, 2.24) is 0 Å². The first-order valence-corrected chi connectivity index (χ1v) is 6.83. The van der Waals surface area contributed by atoms with Crippen LogP contribution in [-0.2, 0) is 14.0 Å². The normalized spacial score (nSPS) is 40.3. The van der Waals surface area contributed by atoms with Gasteiger partial charge in [-0.15, -0.1) is 5.46 Å². The van der Waals surface area contributed by atoms with Gasteiger partial charge in [0.15, 0.2) is 5.79 Å². The molecule has 0 spiro atoms. The van der Waals surface area contributed by atoms with Gasteiger partial charge >= 0.3 is 36.3 Å². The summed E-state index contributed by atoms with van der Waals surface area (Å²) in [7, 11) is 0. The third-order valence-electron chi connectivity index (χ3n) is 4.06. The fourth-order valence-electron chi connectivity index (χ4n) is 2.89. The predicted molar refractivity (Wildman–Crippen MR) is 72.5 cm³/mol. The molecular formula is C13H18BNaO7. The molecule has 1 aromatic carbocycles. The average Bonchev–Trinajstić information content (AvgIpc) is 2.91. The number of rotatable bonds is 3. The minimum Gasteiger partial charge on any atom is -0.555 e. The van der Waals surface area contributed by atoms with Crippen molar-refractivity contribution in [2.75, 3.05) is 13.2 Å². The van der Waals surface area contributed by atoms with Crippen molar-refractivity contribution in [2.24, 2.45) is 0 Å². The standard InChI is InChI=1S/C13H18BO7.Na/c1-8-2-4-9(5-3-8)14(18)20-12-11(17)10(6-15)19-13(12,7-16)21-14;/h2-5,10-12,15-18H,6-7H2,1H3;/q-1;+1/t10-,11-,12+,13+,14?;/m1./s1/i6+1,7+1,10+1,11+1,12+1,13+1;. The quantitative estimate of drug-likeness (QED) is 0.325. The van der Waals surface area contributed by atoms with E-state index >= 15 is 0 Å². The van der Waals surface area contributed by atoms with Crippen LogP contribution in [0.2, 0.25) is 0 Å². The van der Waals surface area contributed by atoms with E-state index in [-0.39, 0.29) is 29.6 Å². The molecule has 2 heterocycles. The minimum atomic E-state index is -2.87. The second kappa shape index (κ2) is 6.48. The van der Waals surface area contributed by atoms with Gasteiger partial charge in [0.25, 0.3) is 0 Å². The Morgan fingerprint density at radius 2 is 1.86 bits per heavy atom. The second-order valence-corrected chi connectivity index (χ2v) is 5.56. The first kappa shape index (κ1) is 18.3. The van der Waals surface area contributed by atoms with Crippen LogP contribution in [0.4, 0.5) is 0 Å². The Labute approximate surface area is 150 Å². The van der Waals surface area contributed by atoms with Gasteiger partial charge in [-0.25, -0.2) is 0 Å². The van der Waals surface area contributed by atoms with Crippen LogP contribution in [0.15, 0.2) is 24.3 Å². The monoisotopic (exact) mass is 326 g/mol. The summed E-state index contributed by atoms with van der Waals surface area (Å²) >= 11 is 0. The van der Waals surface area contributed by atoms with Gasteiger partial charge < -0.3 is 34.4 Å². The average molecular weight is 326 g/mol. The smallest absolute Gasteiger partial charge is 0.555 e. The molecule has 0 amide bonds. The Kier molecular flexibility index (Phi) is 5.41. The summed E-state index contributed by atoms with van der Waals surface area (Å²) in [5.41, 5.74) is 1.39. The van der Waals surface area contributed by atoms with Gasteiger partial charge in [0.1, 0.15) is 12.2 Å². The van der Waals surface area contributed by atoms with Crippen LogP contribution in [-0.4, -0.2) is 64.4 Å². The molecule has 3 rings (SSSR count). The fraction of sp³-hybridized carbons (Fsp3) is 0.538. The molecule has 2 aliphatic heterocycles. The Balaban J connectivity index is 0.00000176. The molecule has 116 valence electrons. The summed E-state index contributed by atoms with van der Waals surface area (Å²) in [6, 6.07) is 6.87. The van der Waals surface area contributed by atoms with Crippen molar-refractivity contribution in [3.63, 3.8) is 0 Å². The molecule has 1 aromatic rings. The molecule has 0 radical (unpaired) electrons. The SMILES string of the molecule is Cc1ccc([B-]2(O)O[13C@H]3[13C@H](O)[13C@@H]([13CH2]O)O[13C@@]3([13CH2]O)O2)cc1.[Na+]. The summed E-state index contributed by atoms with van der Waals surface area (Å²) in [4.78, 5) is 0. The molecular weight excluding hydrogens is 308 g/mol.